The molecule has 2 fully saturated rings. The minimum Gasteiger partial charge on any atom is -0.380 e. The summed E-state index contributed by atoms with van der Waals surface area (Å²) in [6.07, 6.45) is 0.170. The third-order valence-electron chi connectivity index (χ3n) is 8.37. The summed E-state index contributed by atoms with van der Waals surface area (Å²) in [7, 11) is 0. The van der Waals surface area contributed by atoms with Crippen molar-refractivity contribution in [2.24, 2.45) is 0 Å². The number of piperidine rings is 1. The van der Waals surface area contributed by atoms with E-state index in [9.17, 15) is 28.0 Å². The number of piperazine rings is 1. The molecule has 0 bridgehead atoms. The van der Waals surface area contributed by atoms with Crippen LogP contribution in [0, 0.1) is 18.6 Å². The zero-order valence-electron chi connectivity index (χ0n) is 23.7. The van der Waals surface area contributed by atoms with E-state index in [4.69, 9.17) is 0 Å². The van der Waals surface area contributed by atoms with Crippen LogP contribution in [-0.2, 0) is 22.7 Å². The van der Waals surface area contributed by atoms with Crippen LogP contribution in [-0.4, -0.2) is 65.6 Å². The lowest BCUT2D eigenvalue weighted by molar-refractivity contribution is -0.136. The van der Waals surface area contributed by atoms with Gasteiger partial charge in [0, 0.05) is 57.4 Å². The number of nitrogens with zero attached hydrogens (tertiary/aromatic N) is 3. The van der Waals surface area contributed by atoms with E-state index in [2.05, 4.69) is 27.7 Å². The van der Waals surface area contributed by atoms with Crippen LogP contribution in [0.15, 0.2) is 54.6 Å². The van der Waals surface area contributed by atoms with Gasteiger partial charge in [0.1, 0.15) is 17.7 Å². The van der Waals surface area contributed by atoms with Crippen LogP contribution in [0.5, 0.6) is 0 Å². The number of carbonyl (C=O) groups is 4. The maximum Gasteiger partial charge on any atom is 0.264 e. The first-order valence-corrected chi connectivity index (χ1v) is 14.3. The summed E-state index contributed by atoms with van der Waals surface area (Å²) in [6, 6.07) is 13.8. The number of fused-ring (bicyclic) bond motifs is 1. The maximum atomic E-state index is 14.2. The van der Waals surface area contributed by atoms with Gasteiger partial charge < -0.3 is 10.2 Å². The molecule has 0 aliphatic carbocycles. The summed E-state index contributed by atoms with van der Waals surface area (Å²) < 4.78 is 27.5. The molecule has 3 aliphatic rings. The van der Waals surface area contributed by atoms with Gasteiger partial charge in [-0.3, -0.25) is 34.3 Å². The SMILES string of the molecule is Cc1cc(CNc2cccc3c2C(=O)N(C2CCC(=O)NC2=O)C3=O)ccc1CN1CCN(c2ccc(F)cc2F)CC1. The number of nitrogens with one attached hydrogen (secondary N) is 2. The average Bonchev–Trinajstić information content (AvgIpc) is 3.23. The first-order valence-electron chi connectivity index (χ1n) is 14.3. The van der Waals surface area contributed by atoms with Crippen LogP contribution in [0.25, 0.3) is 0 Å². The molecule has 4 amide bonds. The van der Waals surface area contributed by atoms with Gasteiger partial charge in [0.05, 0.1) is 16.8 Å². The van der Waals surface area contributed by atoms with Crippen LogP contribution in [0.1, 0.15) is 50.2 Å². The Bertz CT molecular complexity index is 1640. The van der Waals surface area contributed by atoms with Crippen molar-refractivity contribution in [2.75, 3.05) is 36.4 Å². The maximum absolute atomic E-state index is 14.2. The van der Waals surface area contributed by atoms with Crippen LogP contribution in [0.2, 0.25) is 0 Å². The molecule has 2 N–H and O–H groups in total. The average molecular weight is 588 g/mol. The molecular weight excluding hydrogens is 556 g/mol. The molecule has 9 nitrogen and oxygen atoms in total. The number of halogens is 2. The molecule has 222 valence electrons. The fourth-order valence-electron chi connectivity index (χ4n) is 6.03. The highest BCUT2D eigenvalue weighted by Crippen LogP contribution is 2.33. The molecule has 1 unspecified atom stereocenters. The summed E-state index contributed by atoms with van der Waals surface area (Å²) >= 11 is 0. The molecule has 3 aliphatic heterocycles. The molecule has 0 aromatic heterocycles. The second kappa shape index (κ2) is 11.6. The predicted molar refractivity (Wildman–Crippen MR) is 155 cm³/mol. The molecule has 0 spiro atoms. The van der Waals surface area contributed by atoms with Crippen molar-refractivity contribution in [1.29, 1.82) is 0 Å². The van der Waals surface area contributed by atoms with Crippen LogP contribution >= 0.6 is 0 Å². The van der Waals surface area contributed by atoms with Crippen molar-refractivity contribution in [2.45, 2.75) is 38.9 Å². The third kappa shape index (κ3) is 5.60. The van der Waals surface area contributed by atoms with E-state index in [0.717, 1.165) is 41.7 Å². The number of benzene rings is 3. The number of amides is 4. The Labute approximate surface area is 247 Å². The van der Waals surface area contributed by atoms with Crippen molar-refractivity contribution in [3.05, 3.63) is 94.0 Å². The largest absolute Gasteiger partial charge is 0.380 e. The van der Waals surface area contributed by atoms with Crippen LogP contribution < -0.4 is 15.5 Å². The van der Waals surface area contributed by atoms with Crippen molar-refractivity contribution in [1.82, 2.24) is 15.1 Å². The predicted octanol–water partition coefficient (Wildman–Crippen LogP) is 3.61. The quantitative estimate of drug-likeness (QED) is 0.408. The number of rotatable bonds is 7. The fraction of sp³-hybridized carbons (Fsp3) is 0.312. The second-order valence-electron chi connectivity index (χ2n) is 11.1. The number of imide groups is 2. The first-order chi connectivity index (χ1) is 20.7. The normalized spacial score (nSPS) is 19.1. The Morgan fingerprint density at radius 2 is 1.72 bits per heavy atom. The van der Waals surface area contributed by atoms with E-state index in [1.165, 1.54) is 17.7 Å². The summed E-state index contributed by atoms with van der Waals surface area (Å²) in [4.78, 5) is 55.6. The van der Waals surface area contributed by atoms with Gasteiger partial charge in [0.25, 0.3) is 11.8 Å². The minimum atomic E-state index is -1.01. The van der Waals surface area contributed by atoms with Crippen LogP contribution in [0.3, 0.4) is 0 Å². The molecule has 3 heterocycles. The van der Waals surface area contributed by atoms with E-state index in [0.29, 0.717) is 31.0 Å². The highest BCUT2D eigenvalue weighted by Gasteiger charge is 2.45. The summed E-state index contributed by atoms with van der Waals surface area (Å²) in [5, 5.41) is 5.50. The highest BCUT2D eigenvalue weighted by atomic mass is 19.1. The minimum absolute atomic E-state index is 0.0659. The van der Waals surface area contributed by atoms with E-state index in [-0.39, 0.29) is 24.0 Å². The topological polar surface area (TPSA) is 102 Å². The molecule has 43 heavy (non-hydrogen) atoms. The van der Waals surface area contributed by atoms with Gasteiger partial charge in [-0.2, -0.15) is 0 Å². The van der Waals surface area contributed by atoms with Gasteiger partial charge in [-0.05, 0) is 54.3 Å². The molecular formula is C32H31F2N5O4. The lowest BCUT2D eigenvalue weighted by atomic mass is 10.0. The standard InChI is InChI=1S/C32H31F2N5O4/c1-19-15-20(5-6-21(19)18-37-11-13-38(14-12-37)26-8-7-22(33)16-24(26)34)17-35-25-4-2-3-23-29(25)32(43)39(31(23)42)27-9-10-28(40)36-30(27)41/h2-8,15-16,27,35H,9-14,17-18H2,1H3,(H,36,40,41). The summed E-state index contributed by atoms with van der Waals surface area (Å²) in [6.45, 7) is 6.00. The zero-order chi connectivity index (χ0) is 30.2. The van der Waals surface area contributed by atoms with Crippen LogP contribution in [0.4, 0.5) is 20.2 Å². The van der Waals surface area contributed by atoms with E-state index in [1.807, 2.05) is 17.9 Å². The Kier molecular flexibility index (Phi) is 7.66. The van der Waals surface area contributed by atoms with Gasteiger partial charge >= 0.3 is 0 Å². The fourth-order valence-corrected chi connectivity index (χ4v) is 6.03. The Balaban J connectivity index is 1.08. The highest BCUT2D eigenvalue weighted by molar-refractivity contribution is 6.25. The number of carbonyl (C=O) groups excluding carboxylic acids is 4. The first kappa shape index (κ1) is 28.5. The molecule has 11 heteroatoms. The lowest BCUT2D eigenvalue weighted by Crippen LogP contribution is -2.54. The zero-order valence-corrected chi connectivity index (χ0v) is 23.7. The molecule has 6 rings (SSSR count). The van der Waals surface area contributed by atoms with Gasteiger partial charge in [-0.25, -0.2) is 8.78 Å². The van der Waals surface area contributed by atoms with Crippen molar-refractivity contribution in [3.8, 4) is 0 Å². The van der Waals surface area contributed by atoms with Gasteiger partial charge in [-0.15, -0.1) is 0 Å². The van der Waals surface area contributed by atoms with Crippen molar-refractivity contribution in [3.63, 3.8) is 0 Å². The van der Waals surface area contributed by atoms with Crippen molar-refractivity contribution >= 4 is 35.0 Å². The number of hydrogen-bond donors (Lipinski definition) is 2. The third-order valence-corrected chi connectivity index (χ3v) is 8.37. The molecule has 2 saturated heterocycles. The van der Waals surface area contributed by atoms with Crippen molar-refractivity contribution < 1.29 is 28.0 Å². The number of anilines is 2. The lowest BCUT2D eigenvalue weighted by Gasteiger charge is -2.36. The second-order valence-corrected chi connectivity index (χ2v) is 11.1. The Hall–Kier alpha value is -4.64. The molecule has 0 radical (unpaired) electrons. The van der Waals surface area contributed by atoms with E-state index < -0.39 is 41.3 Å². The summed E-state index contributed by atoms with van der Waals surface area (Å²) in [5.74, 6) is -3.27. The van der Waals surface area contributed by atoms with Gasteiger partial charge in [0.15, 0.2) is 0 Å². The Morgan fingerprint density at radius 1 is 0.930 bits per heavy atom. The van der Waals surface area contributed by atoms with Gasteiger partial charge in [-0.1, -0.05) is 24.3 Å². The van der Waals surface area contributed by atoms with E-state index in [1.54, 1.807) is 18.2 Å². The molecule has 1 atom stereocenters. The monoisotopic (exact) mass is 587 g/mol. The summed E-state index contributed by atoms with van der Waals surface area (Å²) in [5.41, 5.74) is 4.66. The van der Waals surface area contributed by atoms with E-state index >= 15 is 0 Å². The molecule has 0 saturated carbocycles. The Morgan fingerprint density at radius 3 is 2.44 bits per heavy atom. The molecule has 3 aromatic carbocycles. The number of hydrogen-bond acceptors (Lipinski definition) is 7. The number of aryl methyl sites for hydroxylation is 1. The smallest absolute Gasteiger partial charge is 0.264 e. The molecule has 3 aromatic rings. The van der Waals surface area contributed by atoms with Gasteiger partial charge in [0.2, 0.25) is 11.8 Å².